The van der Waals surface area contributed by atoms with Crippen molar-refractivity contribution in [2.24, 2.45) is 0 Å². The monoisotopic (exact) mass is 311 g/mol. The maximum absolute atomic E-state index is 12.5. The highest BCUT2D eigenvalue weighted by Crippen LogP contribution is 2.38. The van der Waals surface area contributed by atoms with Crippen molar-refractivity contribution in [1.29, 1.82) is 0 Å². The van der Waals surface area contributed by atoms with Crippen LogP contribution in [0.15, 0.2) is 12.4 Å². The zero-order valence-corrected chi connectivity index (χ0v) is 13.1. The van der Waals surface area contributed by atoms with Crippen LogP contribution < -0.4 is 5.32 Å². The summed E-state index contributed by atoms with van der Waals surface area (Å²) >= 11 is 5.97. The van der Waals surface area contributed by atoms with Crippen LogP contribution >= 0.6 is 11.6 Å². The molecule has 0 amide bonds. The fourth-order valence-electron chi connectivity index (χ4n) is 3.25. The lowest BCUT2D eigenvalue weighted by atomic mass is 9.78. The average molecular weight is 312 g/mol. The molecule has 2 saturated carbocycles. The Morgan fingerprint density at radius 3 is 3.00 bits per heavy atom. The van der Waals surface area contributed by atoms with Gasteiger partial charge in [0.25, 0.3) is 0 Å². The molecule has 21 heavy (non-hydrogen) atoms. The van der Waals surface area contributed by atoms with Crippen molar-refractivity contribution in [2.45, 2.75) is 63.1 Å². The van der Waals surface area contributed by atoms with E-state index in [1.807, 2.05) is 17.8 Å². The average Bonchev–Trinajstić information content (AvgIpc) is 3.17. The molecule has 5 nitrogen and oxygen atoms in total. The quantitative estimate of drug-likeness (QED) is 0.850. The molecular weight excluding hydrogens is 290 g/mol. The van der Waals surface area contributed by atoms with Gasteiger partial charge < -0.3 is 4.74 Å². The Balaban J connectivity index is 1.79. The van der Waals surface area contributed by atoms with Crippen LogP contribution in [0.4, 0.5) is 0 Å². The molecule has 1 N–H and O–H groups in total. The third kappa shape index (κ3) is 3.24. The Kier molecular flexibility index (Phi) is 4.22. The summed E-state index contributed by atoms with van der Waals surface area (Å²) < 4.78 is 7.24. The summed E-state index contributed by atoms with van der Waals surface area (Å²) in [5.74, 6) is -0.111. The lowest BCUT2D eigenvalue weighted by Crippen LogP contribution is -2.56. The van der Waals surface area contributed by atoms with Gasteiger partial charge in [-0.15, -0.1) is 0 Å². The van der Waals surface area contributed by atoms with E-state index >= 15 is 0 Å². The molecule has 2 aliphatic carbocycles. The van der Waals surface area contributed by atoms with Crippen molar-refractivity contribution >= 4 is 17.6 Å². The zero-order valence-electron chi connectivity index (χ0n) is 12.3. The highest BCUT2D eigenvalue weighted by Gasteiger charge is 2.47. The van der Waals surface area contributed by atoms with Crippen LogP contribution in [-0.4, -0.2) is 33.9 Å². The van der Waals surface area contributed by atoms with Gasteiger partial charge in [0.05, 0.1) is 23.9 Å². The van der Waals surface area contributed by atoms with Gasteiger partial charge in [0, 0.05) is 12.2 Å². The van der Waals surface area contributed by atoms with Crippen molar-refractivity contribution < 1.29 is 9.53 Å². The van der Waals surface area contributed by atoms with Crippen LogP contribution in [-0.2, 0) is 9.53 Å². The Morgan fingerprint density at radius 1 is 1.57 bits per heavy atom. The number of hydrogen-bond acceptors (Lipinski definition) is 4. The van der Waals surface area contributed by atoms with Crippen molar-refractivity contribution in [1.82, 2.24) is 15.1 Å². The first-order valence-electron chi connectivity index (χ1n) is 7.77. The number of aromatic nitrogens is 2. The Hall–Kier alpha value is -1.07. The van der Waals surface area contributed by atoms with Crippen molar-refractivity contribution in [3.8, 4) is 0 Å². The number of carbonyl (C=O) groups excluding carboxylic acids is 1. The van der Waals surface area contributed by atoms with Gasteiger partial charge in [0.15, 0.2) is 0 Å². The highest BCUT2D eigenvalue weighted by molar-refractivity contribution is 6.30. The number of hydrogen-bond donors (Lipinski definition) is 1. The Bertz CT molecular complexity index is 515. The first-order chi connectivity index (χ1) is 10.1. The Morgan fingerprint density at radius 2 is 2.38 bits per heavy atom. The molecule has 116 valence electrons. The van der Waals surface area contributed by atoms with Gasteiger partial charge in [-0.3, -0.25) is 14.8 Å². The summed E-state index contributed by atoms with van der Waals surface area (Å²) in [5, 5.41) is 8.50. The van der Waals surface area contributed by atoms with E-state index in [2.05, 4.69) is 10.4 Å². The van der Waals surface area contributed by atoms with Crippen LogP contribution in [0.3, 0.4) is 0 Å². The summed E-state index contributed by atoms with van der Waals surface area (Å²) in [6.07, 6.45) is 9.36. The van der Waals surface area contributed by atoms with Gasteiger partial charge in [-0.25, -0.2) is 0 Å². The SMILES string of the molecule is CCOC(=O)C1(NC2CC2)CCCC(n2cc(Cl)cn2)C1. The molecule has 0 aromatic carbocycles. The van der Waals surface area contributed by atoms with E-state index in [0.29, 0.717) is 17.7 Å². The molecule has 0 saturated heterocycles. The van der Waals surface area contributed by atoms with Gasteiger partial charge in [-0.2, -0.15) is 5.10 Å². The third-order valence-electron chi connectivity index (χ3n) is 4.39. The number of nitrogens with one attached hydrogen (secondary N) is 1. The molecule has 1 aromatic rings. The van der Waals surface area contributed by atoms with Crippen molar-refractivity contribution in [3.05, 3.63) is 17.4 Å². The largest absolute Gasteiger partial charge is 0.465 e. The summed E-state index contributed by atoms with van der Waals surface area (Å²) in [7, 11) is 0. The van der Waals surface area contributed by atoms with Crippen LogP contribution in [0.2, 0.25) is 5.02 Å². The van der Waals surface area contributed by atoms with Gasteiger partial charge in [0.2, 0.25) is 0 Å². The number of esters is 1. The minimum Gasteiger partial charge on any atom is -0.465 e. The summed E-state index contributed by atoms with van der Waals surface area (Å²) in [4.78, 5) is 12.5. The van der Waals surface area contributed by atoms with Gasteiger partial charge >= 0.3 is 5.97 Å². The predicted octanol–water partition coefficient (Wildman–Crippen LogP) is 2.71. The normalized spacial score (nSPS) is 29.3. The van der Waals surface area contributed by atoms with E-state index in [-0.39, 0.29) is 12.0 Å². The van der Waals surface area contributed by atoms with Crippen LogP contribution in [0.1, 0.15) is 51.5 Å². The molecule has 2 atom stereocenters. The highest BCUT2D eigenvalue weighted by atomic mass is 35.5. The number of rotatable bonds is 5. The number of halogens is 1. The molecule has 3 rings (SSSR count). The van der Waals surface area contributed by atoms with Crippen LogP contribution in [0, 0.1) is 0 Å². The minimum absolute atomic E-state index is 0.111. The summed E-state index contributed by atoms with van der Waals surface area (Å²) in [6, 6.07) is 0.663. The fourth-order valence-corrected chi connectivity index (χ4v) is 3.39. The van der Waals surface area contributed by atoms with Crippen molar-refractivity contribution in [3.63, 3.8) is 0 Å². The molecule has 0 bridgehead atoms. The molecule has 1 aromatic heterocycles. The molecule has 1 heterocycles. The molecule has 0 aliphatic heterocycles. The second-order valence-corrected chi connectivity index (χ2v) is 6.55. The number of ether oxygens (including phenoxy) is 1. The smallest absolute Gasteiger partial charge is 0.326 e. The standard InChI is InChI=1S/C15H22ClN3O2/c1-2-21-14(20)15(18-12-5-6-12)7-3-4-13(8-15)19-10-11(16)9-17-19/h9-10,12-13,18H,2-8H2,1H3. The van der Waals surface area contributed by atoms with E-state index < -0.39 is 5.54 Å². The first-order valence-corrected chi connectivity index (χ1v) is 8.15. The molecule has 2 unspecified atom stereocenters. The topological polar surface area (TPSA) is 56.1 Å². The van der Waals surface area contributed by atoms with E-state index in [1.54, 1.807) is 6.20 Å². The maximum atomic E-state index is 12.5. The van der Waals surface area contributed by atoms with Crippen LogP contribution in [0.5, 0.6) is 0 Å². The molecule has 2 fully saturated rings. The van der Waals surface area contributed by atoms with E-state index in [0.717, 1.165) is 38.5 Å². The minimum atomic E-state index is -0.557. The second kappa shape index (κ2) is 5.97. The van der Waals surface area contributed by atoms with Gasteiger partial charge in [-0.1, -0.05) is 11.6 Å². The molecule has 6 heteroatoms. The summed E-state index contributed by atoms with van der Waals surface area (Å²) in [5.41, 5.74) is -0.557. The first kappa shape index (κ1) is 14.9. The van der Waals surface area contributed by atoms with E-state index in [9.17, 15) is 4.79 Å². The second-order valence-electron chi connectivity index (χ2n) is 6.11. The van der Waals surface area contributed by atoms with Crippen molar-refractivity contribution in [2.75, 3.05) is 6.61 Å². The number of carbonyl (C=O) groups is 1. The van der Waals surface area contributed by atoms with Crippen LogP contribution in [0.25, 0.3) is 0 Å². The maximum Gasteiger partial charge on any atom is 0.326 e. The van der Waals surface area contributed by atoms with Gasteiger partial charge in [0.1, 0.15) is 5.54 Å². The molecular formula is C15H22ClN3O2. The Labute approximate surface area is 130 Å². The summed E-state index contributed by atoms with van der Waals surface area (Å²) in [6.45, 7) is 2.28. The van der Waals surface area contributed by atoms with E-state index in [1.165, 1.54) is 0 Å². The molecule has 2 aliphatic rings. The van der Waals surface area contributed by atoms with Gasteiger partial charge in [-0.05, 0) is 45.4 Å². The number of nitrogens with zero attached hydrogens (tertiary/aromatic N) is 2. The lowest BCUT2D eigenvalue weighted by Gasteiger charge is -2.39. The predicted molar refractivity (Wildman–Crippen MR) is 80.3 cm³/mol. The van der Waals surface area contributed by atoms with E-state index in [4.69, 9.17) is 16.3 Å². The lowest BCUT2D eigenvalue weighted by molar-refractivity contribution is -0.153. The zero-order chi connectivity index (χ0) is 14.9. The third-order valence-corrected chi connectivity index (χ3v) is 4.59. The molecule has 0 radical (unpaired) electrons. The molecule has 0 spiro atoms. The fraction of sp³-hybridized carbons (Fsp3) is 0.733.